The molecule has 0 spiro atoms. The number of hydrogen-bond acceptors (Lipinski definition) is 7. The zero-order chi connectivity index (χ0) is 23.0. The summed E-state index contributed by atoms with van der Waals surface area (Å²) in [5.74, 6) is -2.76. The molecule has 4 rings (SSSR count). The van der Waals surface area contributed by atoms with Gasteiger partial charge in [0, 0.05) is 6.42 Å². The quantitative estimate of drug-likeness (QED) is 0.486. The predicted octanol–water partition coefficient (Wildman–Crippen LogP) is 1.42. The molecule has 2 fully saturated rings. The van der Waals surface area contributed by atoms with Crippen LogP contribution in [-0.4, -0.2) is 76.2 Å². The van der Waals surface area contributed by atoms with Crippen LogP contribution in [0.1, 0.15) is 60.2 Å². The molecule has 3 heterocycles. The Hall–Kier alpha value is -3.07. The van der Waals surface area contributed by atoms with Crippen LogP contribution in [0.3, 0.4) is 0 Å². The second-order valence-electron chi connectivity index (χ2n) is 8.76. The van der Waals surface area contributed by atoms with Gasteiger partial charge in [-0.05, 0) is 50.4 Å². The van der Waals surface area contributed by atoms with Gasteiger partial charge in [0.05, 0.1) is 11.1 Å². The van der Waals surface area contributed by atoms with Gasteiger partial charge in [-0.1, -0.05) is 26.0 Å². The fourth-order valence-electron chi connectivity index (χ4n) is 4.76. The van der Waals surface area contributed by atoms with E-state index < -0.39 is 48.4 Å². The van der Waals surface area contributed by atoms with Gasteiger partial charge < -0.3 is 4.74 Å². The zero-order valence-corrected chi connectivity index (χ0v) is 18.3. The van der Waals surface area contributed by atoms with Crippen molar-refractivity contribution in [2.45, 2.75) is 51.6 Å². The third kappa shape index (κ3) is 3.81. The van der Waals surface area contributed by atoms with Crippen molar-refractivity contribution in [3.63, 3.8) is 0 Å². The van der Waals surface area contributed by atoms with Crippen molar-refractivity contribution < 1.29 is 28.7 Å². The molecule has 0 bridgehead atoms. The van der Waals surface area contributed by atoms with E-state index >= 15 is 0 Å². The molecule has 170 valence electrons. The summed E-state index contributed by atoms with van der Waals surface area (Å²) in [4.78, 5) is 67.7. The van der Waals surface area contributed by atoms with E-state index in [1.165, 1.54) is 12.1 Å². The first-order valence-corrected chi connectivity index (χ1v) is 11.0. The Bertz CT molecular complexity index is 933. The topological polar surface area (TPSA) is 104 Å². The molecule has 0 N–H and O–H groups in total. The molecule has 2 atom stereocenters. The third-order valence-electron chi connectivity index (χ3n) is 6.36. The number of benzene rings is 1. The molecule has 0 aliphatic carbocycles. The minimum absolute atomic E-state index is 0.0134. The van der Waals surface area contributed by atoms with Crippen LogP contribution < -0.4 is 0 Å². The number of carbonyl (C=O) groups excluding carboxylic acids is 5. The van der Waals surface area contributed by atoms with Crippen molar-refractivity contribution in [3.05, 3.63) is 35.4 Å². The third-order valence-corrected chi connectivity index (χ3v) is 6.36. The molecular formula is C23H27N3O6. The Labute approximate surface area is 186 Å². The van der Waals surface area contributed by atoms with Crippen molar-refractivity contribution in [1.82, 2.24) is 14.7 Å². The van der Waals surface area contributed by atoms with Crippen LogP contribution in [0.5, 0.6) is 0 Å². The molecule has 1 aromatic carbocycles. The number of ether oxygens (including phenoxy) is 1. The number of rotatable bonds is 6. The van der Waals surface area contributed by atoms with Crippen molar-refractivity contribution >= 4 is 29.6 Å². The highest BCUT2D eigenvalue weighted by Gasteiger charge is 2.47. The van der Waals surface area contributed by atoms with E-state index in [9.17, 15) is 24.0 Å². The average molecular weight is 441 g/mol. The largest absolute Gasteiger partial charge is 0.443 e. The van der Waals surface area contributed by atoms with Crippen molar-refractivity contribution in [3.8, 4) is 0 Å². The lowest BCUT2D eigenvalue weighted by molar-refractivity contribution is -0.167. The van der Waals surface area contributed by atoms with Gasteiger partial charge in [-0.3, -0.25) is 33.8 Å². The van der Waals surface area contributed by atoms with Crippen LogP contribution in [0, 0.1) is 5.92 Å². The maximum Gasteiger partial charge on any atom is 0.325 e. The summed E-state index contributed by atoms with van der Waals surface area (Å²) in [6, 6.07) is 4.84. The van der Waals surface area contributed by atoms with E-state index in [1.54, 1.807) is 12.1 Å². The summed E-state index contributed by atoms with van der Waals surface area (Å²) in [5.41, 5.74) is 0.483. The van der Waals surface area contributed by atoms with Gasteiger partial charge in [-0.2, -0.15) is 0 Å². The molecule has 3 aliphatic rings. The summed E-state index contributed by atoms with van der Waals surface area (Å²) in [7, 11) is 0. The highest BCUT2D eigenvalue weighted by Crippen LogP contribution is 2.29. The molecule has 4 amide bonds. The van der Waals surface area contributed by atoms with Gasteiger partial charge in [0.2, 0.25) is 5.91 Å². The zero-order valence-electron chi connectivity index (χ0n) is 18.3. The highest BCUT2D eigenvalue weighted by molar-refractivity contribution is 6.23. The van der Waals surface area contributed by atoms with E-state index in [4.69, 9.17) is 4.74 Å². The molecule has 3 aliphatic heterocycles. The van der Waals surface area contributed by atoms with Gasteiger partial charge in [0.1, 0.15) is 12.1 Å². The van der Waals surface area contributed by atoms with E-state index in [0.29, 0.717) is 0 Å². The normalized spacial score (nSPS) is 22.7. The van der Waals surface area contributed by atoms with Gasteiger partial charge >= 0.3 is 5.97 Å². The van der Waals surface area contributed by atoms with Crippen LogP contribution in [-0.2, 0) is 19.1 Å². The number of likely N-dealkylation sites (tertiary alicyclic amines) is 2. The van der Waals surface area contributed by atoms with E-state index in [2.05, 4.69) is 4.90 Å². The van der Waals surface area contributed by atoms with Crippen LogP contribution in [0.4, 0.5) is 0 Å². The number of hydrogen-bond donors (Lipinski definition) is 0. The summed E-state index contributed by atoms with van der Waals surface area (Å²) in [6.45, 7) is 4.95. The number of fused-ring (bicyclic) bond motifs is 1. The molecule has 9 nitrogen and oxygen atoms in total. The number of carbonyl (C=O) groups is 5. The second kappa shape index (κ2) is 8.82. The highest BCUT2D eigenvalue weighted by atomic mass is 16.5. The molecule has 0 radical (unpaired) electrons. The van der Waals surface area contributed by atoms with Gasteiger partial charge in [0.25, 0.3) is 17.7 Å². The van der Waals surface area contributed by atoms with Crippen LogP contribution in [0.25, 0.3) is 0 Å². The molecule has 2 saturated heterocycles. The Balaban J connectivity index is 1.46. The lowest BCUT2D eigenvalue weighted by Crippen LogP contribution is -2.57. The van der Waals surface area contributed by atoms with Crippen molar-refractivity contribution in [2.24, 2.45) is 5.92 Å². The average Bonchev–Trinajstić information content (AvgIpc) is 3.36. The van der Waals surface area contributed by atoms with Crippen LogP contribution in [0.15, 0.2) is 24.3 Å². The monoisotopic (exact) mass is 441 g/mol. The van der Waals surface area contributed by atoms with Crippen molar-refractivity contribution in [2.75, 3.05) is 19.8 Å². The predicted molar refractivity (Wildman–Crippen MR) is 112 cm³/mol. The van der Waals surface area contributed by atoms with Crippen molar-refractivity contribution in [1.29, 1.82) is 0 Å². The minimum Gasteiger partial charge on any atom is -0.443 e. The number of esters is 1. The summed E-state index contributed by atoms with van der Waals surface area (Å²) in [5, 5.41) is 0. The SMILES string of the molecule is CC(C)C(C(=O)OCN1C(=O)CC[C@H](N2C(=O)c3ccccc3C2=O)C1=O)N1CCCC1. The van der Waals surface area contributed by atoms with E-state index in [-0.39, 0.29) is 29.9 Å². The molecule has 0 aromatic heterocycles. The van der Waals surface area contributed by atoms with Crippen LogP contribution >= 0.6 is 0 Å². The van der Waals surface area contributed by atoms with Crippen LogP contribution in [0.2, 0.25) is 0 Å². The Morgan fingerprint density at radius 3 is 2.19 bits per heavy atom. The minimum atomic E-state index is -1.10. The Morgan fingerprint density at radius 1 is 1.03 bits per heavy atom. The molecule has 1 aromatic rings. The number of nitrogens with zero attached hydrogens (tertiary/aromatic N) is 3. The molecule has 9 heteroatoms. The number of imide groups is 2. The lowest BCUT2D eigenvalue weighted by Gasteiger charge is -2.35. The maximum atomic E-state index is 13.1. The smallest absolute Gasteiger partial charge is 0.325 e. The maximum absolute atomic E-state index is 13.1. The Morgan fingerprint density at radius 2 is 1.62 bits per heavy atom. The summed E-state index contributed by atoms with van der Waals surface area (Å²) in [6.07, 6.45) is 2.06. The van der Waals surface area contributed by atoms with Gasteiger partial charge in [0.15, 0.2) is 6.73 Å². The van der Waals surface area contributed by atoms with E-state index in [0.717, 1.165) is 35.7 Å². The first kappa shape index (κ1) is 22.1. The molecule has 32 heavy (non-hydrogen) atoms. The first-order chi connectivity index (χ1) is 15.3. The summed E-state index contributed by atoms with van der Waals surface area (Å²) >= 11 is 0. The first-order valence-electron chi connectivity index (χ1n) is 11.0. The Kier molecular flexibility index (Phi) is 6.10. The standard InChI is InChI=1S/C23H27N3O6/c1-14(2)19(24-11-5-6-12-24)23(31)32-13-25-18(27)10-9-17(22(25)30)26-20(28)15-7-3-4-8-16(15)21(26)29/h3-4,7-8,14,17,19H,5-6,9-13H2,1-2H3/t17-,19?/m0/s1. The fraction of sp³-hybridized carbons (Fsp3) is 0.522. The van der Waals surface area contributed by atoms with Gasteiger partial charge in [-0.15, -0.1) is 0 Å². The second-order valence-corrected chi connectivity index (χ2v) is 8.76. The molecular weight excluding hydrogens is 414 g/mol. The lowest BCUT2D eigenvalue weighted by atomic mass is 10.0. The molecule has 0 saturated carbocycles. The number of piperidine rings is 1. The molecule has 1 unspecified atom stereocenters. The summed E-state index contributed by atoms with van der Waals surface area (Å²) < 4.78 is 5.40. The van der Waals surface area contributed by atoms with Gasteiger partial charge in [-0.25, -0.2) is 4.90 Å². The van der Waals surface area contributed by atoms with E-state index in [1.807, 2.05) is 13.8 Å². The number of amides is 4. The fourth-order valence-corrected chi connectivity index (χ4v) is 4.76.